The molecule has 0 aromatic carbocycles. The Hall–Kier alpha value is -2.08. The van der Waals surface area contributed by atoms with E-state index < -0.39 is 28.9 Å². The van der Waals surface area contributed by atoms with Crippen LogP contribution in [0.1, 0.15) is 133 Å². The number of hydrogen-bond donors (Lipinski definition) is 4. The van der Waals surface area contributed by atoms with Crippen LogP contribution in [0, 0.1) is 56.2 Å². The summed E-state index contributed by atoms with van der Waals surface area (Å²) in [5.41, 5.74) is 8.43. The van der Waals surface area contributed by atoms with E-state index in [2.05, 4.69) is 101 Å². The van der Waals surface area contributed by atoms with Crippen LogP contribution in [0.3, 0.4) is 0 Å². The number of aliphatic hydroxyl groups is 1. The van der Waals surface area contributed by atoms with Crippen molar-refractivity contribution in [3.05, 3.63) is 34.9 Å². The third-order valence-electron chi connectivity index (χ3n) is 18.0. The standard InChI is InChI=1S/C48H75ClN4O6/c1-28(2)37-32(54)26-48(39(56)41-51-50-40(53(41)25-24-52(10)11)29-12-14-30(49)15-13-29)23-22-46(8)31(38(37)48)16-17-34-45(7)20-19-35(59-36(55)27-43(3,4)42(57)58)44(5,6)33(45)18-21-47(34,46)9/h12-14,28,30-31,33-35,39-41,50-51,56H,15-27H2,1-11H3,(H,57,58)/t30-,31?,33+,34-,35?,39+,40-,41?,45+,46-,47-,48?/m1/s1. The quantitative estimate of drug-likeness (QED) is 0.121. The van der Waals surface area contributed by atoms with Crippen molar-refractivity contribution in [3.63, 3.8) is 0 Å². The molecule has 12 atom stereocenters. The van der Waals surface area contributed by atoms with Crippen LogP contribution in [0.5, 0.6) is 0 Å². The Morgan fingerprint density at radius 1 is 1.00 bits per heavy atom. The van der Waals surface area contributed by atoms with Crippen molar-refractivity contribution in [2.45, 2.75) is 163 Å². The van der Waals surface area contributed by atoms with Crippen LogP contribution in [-0.2, 0) is 19.1 Å². The van der Waals surface area contributed by atoms with E-state index in [4.69, 9.17) is 16.3 Å². The number of aliphatic carboxylic acids is 1. The molecule has 4 saturated carbocycles. The lowest BCUT2D eigenvalue weighted by Crippen LogP contribution is -2.67. The molecule has 6 aliphatic carbocycles. The minimum absolute atomic E-state index is 0.0141. The fraction of sp³-hybridized carbons (Fsp3) is 0.812. The number of fused-ring (bicyclic) bond motifs is 7. The van der Waals surface area contributed by atoms with Gasteiger partial charge in [0, 0.05) is 30.3 Å². The first-order chi connectivity index (χ1) is 27.4. The van der Waals surface area contributed by atoms with Gasteiger partial charge in [-0.05, 0) is 137 Å². The lowest BCUT2D eigenvalue weighted by Gasteiger charge is -2.72. The summed E-state index contributed by atoms with van der Waals surface area (Å²) in [4.78, 5) is 44.1. The highest BCUT2D eigenvalue weighted by Crippen LogP contribution is 2.77. The molecule has 4 unspecified atom stereocenters. The number of hydrogen-bond acceptors (Lipinski definition) is 9. The van der Waals surface area contributed by atoms with Crippen molar-refractivity contribution in [1.29, 1.82) is 0 Å². The second-order valence-corrected chi connectivity index (χ2v) is 23.1. The molecule has 59 heavy (non-hydrogen) atoms. The van der Waals surface area contributed by atoms with Gasteiger partial charge in [0.25, 0.3) is 0 Å². The Bertz CT molecular complexity index is 1790. The van der Waals surface area contributed by atoms with Crippen molar-refractivity contribution >= 4 is 29.3 Å². The molecule has 330 valence electrons. The fourth-order valence-corrected chi connectivity index (χ4v) is 14.7. The lowest BCUT2D eigenvalue weighted by atomic mass is 9.33. The molecular weight excluding hydrogens is 764 g/mol. The molecule has 5 fully saturated rings. The maximum Gasteiger partial charge on any atom is 0.309 e. The van der Waals surface area contributed by atoms with Gasteiger partial charge in [-0.2, -0.15) is 0 Å². The van der Waals surface area contributed by atoms with Crippen LogP contribution >= 0.6 is 11.6 Å². The van der Waals surface area contributed by atoms with Gasteiger partial charge in [0.2, 0.25) is 0 Å². The van der Waals surface area contributed by atoms with Gasteiger partial charge in [0.1, 0.15) is 12.3 Å². The number of aliphatic hydroxyl groups excluding tert-OH is 1. The number of carboxylic acids is 1. The Kier molecular flexibility index (Phi) is 11.9. The maximum absolute atomic E-state index is 14.5. The van der Waals surface area contributed by atoms with Gasteiger partial charge in [-0.25, -0.2) is 10.9 Å². The average molecular weight is 840 g/mol. The third kappa shape index (κ3) is 7.14. The molecule has 7 rings (SSSR count). The van der Waals surface area contributed by atoms with E-state index in [1.165, 1.54) is 5.57 Å². The van der Waals surface area contributed by atoms with Gasteiger partial charge in [0.05, 0.1) is 29.5 Å². The smallest absolute Gasteiger partial charge is 0.309 e. The first kappa shape index (κ1) is 45.0. The number of carbonyl (C=O) groups is 3. The summed E-state index contributed by atoms with van der Waals surface area (Å²) in [6, 6.07) is 0. The van der Waals surface area contributed by atoms with Gasteiger partial charge in [0.15, 0.2) is 5.78 Å². The van der Waals surface area contributed by atoms with Crippen LogP contribution in [0.2, 0.25) is 0 Å². The Labute approximate surface area is 359 Å². The Morgan fingerprint density at radius 2 is 1.71 bits per heavy atom. The first-order valence-electron chi connectivity index (χ1n) is 22.8. The van der Waals surface area contributed by atoms with Crippen LogP contribution in [0.4, 0.5) is 0 Å². The molecular formula is C48H75ClN4O6. The summed E-state index contributed by atoms with van der Waals surface area (Å²) in [7, 11) is 4.17. The molecule has 11 heteroatoms. The van der Waals surface area contributed by atoms with Crippen molar-refractivity contribution in [3.8, 4) is 0 Å². The topological polar surface area (TPSA) is 131 Å². The van der Waals surface area contributed by atoms with Gasteiger partial charge in [-0.15, -0.1) is 11.6 Å². The number of rotatable bonds is 11. The number of carboxylic acid groups (broad SMARTS) is 1. The van der Waals surface area contributed by atoms with Crippen LogP contribution in [0.25, 0.3) is 0 Å². The summed E-state index contributed by atoms with van der Waals surface area (Å²) in [5, 5.41) is 22.7. The number of hydrazine groups is 1. The summed E-state index contributed by atoms with van der Waals surface area (Å²) < 4.78 is 6.21. The predicted octanol–water partition coefficient (Wildman–Crippen LogP) is 7.86. The molecule has 0 amide bonds. The number of likely N-dealkylation sites (N-methyl/N-ethyl adjacent to an activating group) is 1. The summed E-state index contributed by atoms with van der Waals surface area (Å²) in [6.07, 6.45) is 13.4. The first-order valence-corrected chi connectivity index (χ1v) is 23.2. The monoisotopic (exact) mass is 839 g/mol. The second kappa shape index (κ2) is 15.6. The number of halogens is 1. The van der Waals surface area contributed by atoms with Gasteiger partial charge >= 0.3 is 11.9 Å². The zero-order valence-electron chi connectivity index (χ0n) is 37.9. The number of allylic oxidation sites excluding steroid dienone is 3. The molecule has 10 nitrogen and oxygen atoms in total. The van der Waals surface area contributed by atoms with Crippen LogP contribution in [-0.4, -0.2) is 94.8 Å². The normalized spacial score (nSPS) is 41.3. The number of ketones is 1. The number of ether oxygens (including phenoxy) is 1. The molecule has 7 aliphatic rings. The van der Waals surface area contributed by atoms with E-state index >= 15 is 0 Å². The SMILES string of the molecule is CC(C)C1=C2C3CC[C@@H]4[C@@]5(C)CCC(OC(=O)CC(C)(C)C(=O)O)C(C)(C)[C@@H]5CC[C@@]4(C)[C@]3(C)CCC2([C@@H](O)C2NN[C@@H](C3=CC[C@H](Cl)C=C3)N2CCN(C)C)CC1=O. The molecule has 0 spiro atoms. The van der Waals surface area contributed by atoms with E-state index in [1.807, 2.05) is 0 Å². The van der Waals surface area contributed by atoms with Gasteiger partial charge in [-0.3, -0.25) is 19.3 Å². The number of carbonyl (C=O) groups excluding carboxylic acids is 2. The molecule has 0 aromatic heterocycles. The second-order valence-electron chi connectivity index (χ2n) is 22.5. The molecule has 0 bridgehead atoms. The lowest BCUT2D eigenvalue weighted by molar-refractivity contribution is -0.235. The Balaban J connectivity index is 1.19. The molecule has 1 heterocycles. The third-order valence-corrected chi connectivity index (χ3v) is 18.3. The molecule has 0 radical (unpaired) electrons. The summed E-state index contributed by atoms with van der Waals surface area (Å²) >= 11 is 6.45. The van der Waals surface area contributed by atoms with Gasteiger partial charge in [-0.1, -0.05) is 72.3 Å². The van der Waals surface area contributed by atoms with E-state index in [1.54, 1.807) is 13.8 Å². The zero-order chi connectivity index (χ0) is 43.2. The average Bonchev–Trinajstić information content (AvgIpc) is 3.70. The molecule has 4 N–H and O–H groups in total. The number of nitrogens with one attached hydrogen (secondary N) is 2. The highest BCUT2D eigenvalue weighted by molar-refractivity contribution is 6.22. The molecule has 1 saturated heterocycles. The number of Topliss-reactive ketones (excluding diaryl/α,β-unsaturated/α-hetero) is 1. The number of alkyl halides is 1. The van der Waals surface area contributed by atoms with Crippen LogP contribution in [0.15, 0.2) is 34.9 Å². The molecule has 0 aromatic rings. The minimum atomic E-state index is -1.18. The van der Waals surface area contributed by atoms with E-state index in [0.717, 1.165) is 82.0 Å². The van der Waals surface area contributed by atoms with Gasteiger partial charge < -0.3 is 19.8 Å². The maximum atomic E-state index is 14.5. The number of nitrogens with zero attached hydrogens (tertiary/aromatic N) is 2. The fourth-order valence-electron chi connectivity index (χ4n) is 14.6. The summed E-state index contributed by atoms with van der Waals surface area (Å²) in [5.74, 6) is -0.120. The minimum Gasteiger partial charge on any atom is -0.481 e. The van der Waals surface area contributed by atoms with Crippen LogP contribution < -0.4 is 10.9 Å². The number of esters is 1. The van der Waals surface area contributed by atoms with Crippen molar-refractivity contribution in [2.24, 2.45) is 56.2 Å². The van der Waals surface area contributed by atoms with Crippen molar-refractivity contribution in [2.75, 3.05) is 27.2 Å². The van der Waals surface area contributed by atoms with E-state index in [0.29, 0.717) is 18.3 Å². The van der Waals surface area contributed by atoms with Crippen molar-refractivity contribution in [1.82, 2.24) is 20.7 Å². The van der Waals surface area contributed by atoms with E-state index in [9.17, 15) is 24.6 Å². The summed E-state index contributed by atoms with van der Waals surface area (Å²) in [6.45, 7) is 21.3. The van der Waals surface area contributed by atoms with Crippen molar-refractivity contribution < 1.29 is 29.3 Å². The highest BCUT2D eigenvalue weighted by Gasteiger charge is 2.71. The zero-order valence-corrected chi connectivity index (χ0v) is 38.7. The largest absolute Gasteiger partial charge is 0.481 e. The highest BCUT2D eigenvalue weighted by atomic mass is 35.5. The molecule has 1 aliphatic heterocycles. The Morgan fingerprint density at radius 3 is 2.34 bits per heavy atom. The van der Waals surface area contributed by atoms with E-state index in [-0.39, 0.29) is 69.5 Å². The predicted molar refractivity (Wildman–Crippen MR) is 232 cm³/mol.